The fourth-order valence-corrected chi connectivity index (χ4v) is 5.85. The normalized spacial score (nSPS) is 13.9. The molecule has 0 heterocycles. The van der Waals surface area contributed by atoms with Crippen LogP contribution in [0.5, 0.6) is 0 Å². The Balaban J connectivity index is 4.47. The van der Waals surface area contributed by atoms with E-state index in [-0.39, 0.29) is 42.7 Å². The first kappa shape index (κ1) is 54.2. The maximum atomic E-state index is 12.7. The summed E-state index contributed by atoms with van der Waals surface area (Å²) < 4.78 is 17.2. The zero-order valence-electron chi connectivity index (χ0n) is 37.2. The molecule has 0 amide bonds. The van der Waals surface area contributed by atoms with Crippen LogP contribution >= 0.6 is 0 Å². The van der Waals surface area contributed by atoms with Crippen molar-refractivity contribution in [3.8, 4) is 0 Å². The van der Waals surface area contributed by atoms with E-state index in [1.165, 1.54) is 25.7 Å². The summed E-state index contributed by atoms with van der Waals surface area (Å²) >= 11 is 0. The third-order valence-electron chi connectivity index (χ3n) is 9.23. The van der Waals surface area contributed by atoms with Crippen LogP contribution in [0.4, 0.5) is 0 Å². The molecule has 0 aromatic rings. The predicted molar refractivity (Wildman–Crippen MR) is 243 cm³/mol. The molecule has 8 heteroatoms. The lowest BCUT2D eigenvalue weighted by atomic mass is 10.1. The summed E-state index contributed by atoms with van der Waals surface area (Å²) in [7, 11) is 5.49. The number of nitrogens with zero attached hydrogens (tertiary/aromatic N) is 1. The highest BCUT2D eigenvalue weighted by atomic mass is 16.6. The molecule has 328 valence electrons. The highest BCUT2D eigenvalue weighted by Gasteiger charge is 2.31. The van der Waals surface area contributed by atoms with Crippen LogP contribution in [0.1, 0.15) is 149 Å². The van der Waals surface area contributed by atoms with Crippen molar-refractivity contribution < 1.29 is 38.2 Å². The van der Waals surface area contributed by atoms with E-state index < -0.39 is 18.1 Å². The lowest BCUT2D eigenvalue weighted by molar-refractivity contribution is -0.887. The molecule has 0 aromatic heterocycles. The van der Waals surface area contributed by atoms with Crippen molar-refractivity contribution in [2.24, 2.45) is 0 Å². The minimum atomic E-state index is -0.890. The van der Waals surface area contributed by atoms with Gasteiger partial charge in [0.1, 0.15) is 6.61 Å². The number of carboxylic acids is 1. The van der Waals surface area contributed by atoms with E-state index in [4.69, 9.17) is 14.2 Å². The summed E-state index contributed by atoms with van der Waals surface area (Å²) in [5, 5.41) is 9.62. The van der Waals surface area contributed by atoms with E-state index in [1.807, 2.05) is 21.1 Å². The Bertz CT molecular complexity index is 1260. The number of esters is 2. The van der Waals surface area contributed by atoms with Crippen molar-refractivity contribution in [2.75, 3.05) is 41.0 Å². The van der Waals surface area contributed by atoms with Gasteiger partial charge in [0, 0.05) is 19.3 Å². The monoisotopic (exact) mass is 809 g/mol. The first-order chi connectivity index (χ1) is 28.1. The van der Waals surface area contributed by atoms with E-state index >= 15 is 0 Å². The second-order valence-corrected chi connectivity index (χ2v) is 15.5. The van der Waals surface area contributed by atoms with Gasteiger partial charge in [0.05, 0.1) is 34.4 Å². The fourth-order valence-electron chi connectivity index (χ4n) is 5.85. The number of likely N-dealkylation sites (N-methyl/N-ethyl adjacent to an activating group) is 1. The predicted octanol–water partition coefficient (Wildman–Crippen LogP) is 12.3. The molecule has 0 saturated carbocycles. The van der Waals surface area contributed by atoms with Gasteiger partial charge in [-0.15, -0.1) is 0 Å². The third kappa shape index (κ3) is 37.8. The summed E-state index contributed by atoms with van der Waals surface area (Å²) in [6, 6.07) is -0.632. The number of hydrogen-bond acceptors (Lipinski definition) is 6. The minimum Gasteiger partial charge on any atom is -0.477 e. The number of ether oxygens (including phenoxy) is 3. The Morgan fingerprint density at radius 2 is 0.931 bits per heavy atom. The van der Waals surface area contributed by atoms with Crippen LogP contribution in [-0.4, -0.2) is 80.6 Å². The largest absolute Gasteiger partial charge is 0.477 e. The van der Waals surface area contributed by atoms with E-state index in [9.17, 15) is 19.5 Å². The van der Waals surface area contributed by atoms with Gasteiger partial charge < -0.3 is 23.8 Å². The lowest BCUT2D eigenvalue weighted by Crippen LogP contribution is -2.50. The van der Waals surface area contributed by atoms with Crippen LogP contribution in [0.15, 0.2) is 97.2 Å². The van der Waals surface area contributed by atoms with Crippen molar-refractivity contribution in [2.45, 2.75) is 161 Å². The summed E-state index contributed by atoms with van der Waals surface area (Å²) in [5.41, 5.74) is 0. The zero-order chi connectivity index (χ0) is 42.8. The molecule has 0 aliphatic rings. The lowest BCUT2D eigenvalue weighted by Gasteiger charge is -2.31. The van der Waals surface area contributed by atoms with E-state index in [2.05, 4.69) is 111 Å². The van der Waals surface area contributed by atoms with Crippen LogP contribution < -0.4 is 0 Å². The van der Waals surface area contributed by atoms with Crippen LogP contribution in [0.3, 0.4) is 0 Å². The fraction of sp³-hybridized carbons (Fsp3) is 0.620. The van der Waals surface area contributed by atoms with E-state index in [0.29, 0.717) is 19.3 Å². The molecule has 0 aliphatic heterocycles. The Morgan fingerprint density at radius 1 is 0.517 bits per heavy atom. The molecule has 58 heavy (non-hydrogen) atoms. The maximum Gasteiger partial charge on any atom is 0.362 e. The first-order valence-corrected chi connectivity index (χ1v) is 22.3. The number of allylic oxidation sites excluding steroid dienone is 16. The number of hydrogen-bond donors (Lipinski definition) is 1. The molecule has 0 spiro atoms. The van der Waals surface area contributed by atoms with Crippen molar-refractivity contribution in [3.05, 3.63) is 97.2 Å². The van der Waals surface area contributed by atoms with Crippen LogP contribution in [-0.2, 0) is 28.6 Å². The highest BCUT2D eigenvalue weighted by molar-refractivity contribution is 5.72. The van der Waals surface area contributed by atoms with Crippen molar-refractivity contribution in [3.63, 3.8) is 0 Å². The number of carbonyl (C=O) groups is 3. The summed E-state index contributed by atoms with van der Waals surface area (Å²) in [4.78, 5) is 37.0. The van der Waals surface area contributed by atoms with Gasteiger partial charge in [-0.25, -0.2) is 4.79 Å². The Morgan fingerprint density at radius 3 is 1.40 bits per heavy atom. The number of rotatable bonds is 38. The van der Waals surface area contributed by atoms with Gasteiger partial charge in [-0.1, -0.05) is 143 Å². The van der Waals surface area contributed by atoms with Gasteiger partial charge in [-0.05, 0) is 83.5 Å². The molecule has 0 saturated heterocycles. The average molecular weight is 809 g/mol. The van der Waals surface area contributed by atoms with Crippen molar-refractivity contribution >= 4 is 17.9 Å². The number of carboxylic acid groups (broad SMARTS) is 1. The second-order valence-electron chi connectivity index (χ2n) is 15.5. The quantitative estimate of drug-likeness (QED) is 0.0287. The molecule has 0 bridgehead atoms. The SMILES string of the molecule is CC/C=C\C/C=C\C/C=C\C/C=C\C/C=C\CCCC(=O)OC(COCCC(C(=O)O)[N+](C)(C)C)COC(=O)CCCCCCCCC/C=C\C/C=C\C/C=C\CC. The molecule has 0 aromatic carbocycles. The molecular formula is C50H82NO7+. The zero-order valence-corrected chi connectivity index (χ0v) is 37.2. The van der Waals surface area contributed by atoms with Crippen LogP contribution in [0, 0.1) is 0 Å². The first-order valence-electron chi connectivity index (χ1n) is 22.3. The topological polar surface area (TPSA) is 99.1 Å². The average Bonchev–Trinajstić information content (AvgIpc) is 3.18. The molecule has 1 N–H and O–H groups in total. The number of quaternary nitrogens is 1. The van der Waals surface area contributed by atoms with E-state index in [1.54, 1.807) is 0 Å². The molecule has 0 radical (unpaired) electrons. The third-order valence-corrected chi connectivity index (χ3v) is 9.23. The smallest absolute Gasteiger partial charge is 0.362 e. The maximum absolute atomic E-state index is 12.7. The standard InChI is InChI=1S/C50H81NO7/c1-6-8-10-12-14-16-18-20-22-24-26-28-30-32-34-36-38-40-48(52)57-45-46(44-56-43-42-47(50(54)55)51(3,4)5)58-49(53)41-39-37-35-33-31-29-27-25-23-21-19-17-15-13-11-9-7-2/h8-11,14-17,20-23,27,29,33,35,46-47H,6-7,12-13,18-19,24-26,28,30-32,34,36-45H2,1-5H3/p+1/b10-8-,11-9-,16-14-,17-15-,22-20-,23-21-,29-27-,35-33-. The molecule has 0 rings (SSSR count). The van der Waals surface area contributed by atoms with Gasteiger partial charge in [-0.2, -0.15) is 0 Å². The second kappa shape index (κ2) is 40.0. The molecular weight excluding hydrogens is 727 g/mol. The number of carbonyl (C=O) groups excluding carboxylic acids is 2. The Labute approximate surface area is 354 Å². The molecule has 2 atom stereocenters. The Hall–Kier alpha value is -3.75. The molecule has 0 fully saturated rings. The van der Waals surface area contributed by atoms with E-state index in [0.717, 1.165) is 83.5 Å². The Kier molecular flexibility index (Phi) is 37.5. The van der Waals surface area contributed by atoms with Crippen LogP contribution in [0.25, 0.3) is 0 Å². The van der Waals surface area contributed by atoms with Gasteiger partial charge in [0.25, 0.3) is 0 Å². The van der Waals surface area contributed by atoms with Gasteiger partial charge >= 0.3 is 17.9 Å². The molecule has 2 unspecified atom stereocenters. The summed E-state index contributed by atoms with van der Waals surface area (Å²) in [5.74, 6) is -1.57. The number of aliphatic carboxylic acids is 1. The van der Waals surface area contributed by atoms with Crippen molar-refractivity contribution in [1.82, 2.24) is 0 Å². The summed E-state index contributed by atoms with van der Waals surface area (Å²) in [6.07, 6.45) is 53.1. The molecule has 8 nitrogen and oxygen atoms in total. The van der Waals surface area contributed by atoms with Gasteiger partial charge in [0.2, 0.25) is 0 Å². The van der Waals surface area contributed by atoms with Crippen molar-refractivity contribution in [1.29, 1.82) is 0 Å². The summed E-state index contributed by atoms with van der Waals surface area (Å²) in [6.45, 7) is 4.42. The number of unbranched alkanes of at least 4 members (excludes halogenated alkanes) is 8. The molecule has 0 aliphatic carbocycles. The van der Waals surface area contributed by atoms with Crippen LogP contribution in [0.2, 0.25) is 0 Å². The van der Waals surface area contributed by atoms with Gasteiger partial charge in [-0.3, -0.25) is 9.59 Å². The highest BCUT2D eigenvalue weighted by Crippen LogP contribution is 2.12. The minimum absolute atomic E-state index is 0.0288. The van der Waals surface area contributed by atoms with Gasteiger partial charge in [0.15, 0.2) is 12.1 Å².